The number of carboxylic acid groups (broad SMARTS) is 1. The Kier molecular flexibility index (Phi) is 10.5. The summed E-state index contributed by atoms with van der Waals surface area (Å²) in [6.07, 6.45) is -0.780. The van der Waals surface area contributed by atoms with E-state index in [1.165, 1.54) is 31.9 Å². The summed E-state index contributed by atoms with van der Waals surface area (Å²) in [5.74, 6) is -3.10. The van der Waals surface area contributed by atoms with Crippen molar-refractivity contribution in [3.63, 3.8) is 0 Å². The Morgan fingerprint density at radius 2 is 1.36 bits per heavy atom. The van der Waals surface area contributed by atoms with E-state index in [2.05, 4.69) is 16.0 Å². The largest absolute Gasteiger partial charge is 0.478 e. The third-order valence-electron chi connectivity index (χ3n) is 7.71. The molecule has 236 valence electrons. The number of carboxylic acids is 1. The summed E-state index contributed by atoms with van der Waals surface area (Å²) >= 11 is 0. The van der Waals surface area contributed by atoms with Crippen LogP contribution in [0.3, 0.4) is 0 Å². The minimum absolute atomic E-state index is 0.0149. The quantitative estimate of drug-likeness (QED) is 0.206. The number of nitrogens with one attached hydrogen (secondary N) is 3. The number of carbonyl (C=O) groups is 5. The van der Waals surface area contributed by atoms with Crippen LogP contribution < -0.4 is 21.7 Å². The first kappa shape index (κ1) is 32.7. The summed E-state index contributed by atoms with van der Waals surface area (Å²) in [7, 11) is 1.47. The third-order valence-corrected chi connectivity index (χ3v) is 7.71. The van der Waals surface area contributed by atoms with E-state index in [1.54, 1.807) is 18.2 Å². The molecule has 4 amide bonds. The fourth-order valence-corrected chi connectivity index (χ4v) is 5.27. The van der Waals surface area contributed by atoms with E-state index < -0.39 is 47.9 Å². The van der Waals surface area contributed by atoms with Crippen LogP contribution in [0.4, 0.5) is 4.79 Å². The maximum absolute atomic E-state index is 13.0. The number of benzene rings is 3. The van der Waals surface area contributed by atoms with Crippen LogP contribution in [0.5, 0.6) is 0 Å². The van der Waals surface area contributed by atoms with Crippen LogP contribution in [0.15, 0.2) is 72.8 Å². The normalized spacial score (nSPS) is 13.8. The molecule has 0 unspecified atom stereocenters. The number of alkyl carbamates (subject to hydrolysis) is 1. The van der Waals surface area contributed by atoms with Gasteiger partial charge in [-0.05, 0) is 47.7 Å². The van der Waals surface area contributed by atoms with Crippen molar-refractivity contribution in [2.75, 3.05) is 20.2 Å². The van der Waals surface area contributed by atoms with Crippen molar-refractivity contribution >= 4 is 29.8 Å². The van der Waals surface area contributed by atoms with E-state index in [4.69, 9.17) is 10.5 Å². The zero-order valence-electron chi connectivity index (χ0n) is 25.3. The molecule has 0 radical (unpaired) electrons. The Morgan fingerprint density at radius 1 is 0.822 bits per heavy atom. The first-order valence-electron chi connectivity index (χ1n) is 14.5. The molecule has 3 atom stereocenters. The van der Waals surface area contributed by atoms with Gasteiger partial charge in [0, 0.05) is 26.1 Å². The van der Waals surface area contributed by atoms with E-state index in [0.29, 0.717) is 5.56 Å². The molecule has 12 nitrogen and oxygen atoms in total. The predicted octanol–water partition coefficient (Wildman–Crippen LogP) is 2.22. The Labute approximate surface area is 260 Å². The molecule has 0 saturated carbocycles. The van der Waals surface area contributed by atoms with Crippen molar-refractivity contribution < 1.29 is 33.8 Å². The minimum Gasteiger partial charge on any atom is -0.478 e. The van der Waals surface area contributed by atoms with Crippen molar-refractivity contribution in [2.45, 2.75) is 44.4 Å². The second-order valence-corrected chi connectivity index (χ2v) is 10.9. The van der Waals surface area contributed by atoms with Gasteiger partial charge in [-0.1, -0.05) is 66.7 Å². The third kappa shape index (κ3) is 7.65. The Hall–Kier alpha value is -5.23. The number of carbonyl (C=O) groups excluding carboxylic acids is 4. The fraction of sp³-hybridized carbons (Fsp3) is 0.303. The number of ether oxygens (including phenoxy) is 1. The maximum Gasteiger partial charge on any atom is 0.407 e. The molecule has 0 aliphatic heterocycles. The van der Waals surface area contributed by atoms with Crippen LogP contribution in [0.1, 0.15) is 46.8 Å². The molecule has 0 bridgehead atoms. The molecule has 0 heterocycles. The van der Waals surface area contributed by atoms with E-state index >= 15 is 0 Å². The minimum atomic E-state index is -1.12. The number of aromatic carboxylic acids is 1. The summed E-state index contributed by atoms with van der Waals surface area (Å²) in [5.41, 5.74) is 10.5. The first-order chi connectivity index (χ1) is 21.5. The summed E-state index contributed by atoms with van der Waals surface area (Å²) in [4.78, 5) is 63.9. The van der Waals surface area contributed by atoms with E-state index in [1.807, 2.05) is 48.5 Å². The van der Waals surface area contributed by atoms with Crippen LogP contribution in [-0.4, -0.2) is 78.1 Å². The van der Waals surface area contributed by atoms with Gasteiger partial charge in [-0.25, -0.2) is 9.59 Å². The molecule has 3 aromatic rings. The van der Waals surface area contributed by atoms with Crippen LogP contribution in [0, 0.1) is 0 Å². The van der Waals surface area contributed by atoms with Crippen molar-refractivity contribution in [3.8, 4) is 11.1 Å². The van der Waals surface area contributed by atoms with Crippen molar-refractivity contribution in [3.05, 3.63) is 95.1 Å². The van der Waals surface area contributed by atoms with Crippen molar-refractivity contribution in [1.82, 2.24) is 20.9 Å². The van der Waals surface area contributed by atoms with Crippen LogP contribution in [0.25, 0.3) is 11.1 Å². The smallest absolute Gasteiger partial charge is 0.407 e. The highest BCUT2D eigenvalue weighted by Crippen LogP contribution is 2.44. The van der Waals surface area contributed by atoms with Crippen LogP contribution in [0.2, 0.25) is 0 Å². The lowest BCUT2D eigenvalue weighted by Crippen LogP contribution is -2.57. The molecule has 6 N–H and O–H groups in total. The number of hydrogen-bond acceptors (Lipinski definition) is 7. The van der Waals surface area contributed by atoms with Crippen LogP contribution in [-0.2, 0) is 25.7 Å². The van der Waals surface area contributed by atoms with Gasteiger partial charge in [0.15, 0.2) is 0 Å². The van der Waals surface area contributed by atoms with Gasteiger partial charge in [0.1, 0.15) is 24.7 Å². The van der Waals surface area contributed by atoms with Gasteiger partial charge in [-0.15, -0.1) is 0 Å². The SMILES string of the molecule is C[C@H](NC(=O)OCC1c2ccccc2-c2ccccc21)C(=O)N[C@@H](C)C(=O)N[C@@H](CN)C(=O)N(C)Cc1ccccc1C(=O)O. The molecule has 0 fully saturated rings. The number of hydrogen-bond donors (Lipinski definition) is 5. The van der Waals surface area contributed by atoms with Crippen molar-refractivity contribution in [1.29, 1.82) is 0 Å². The molecule has 0 aromatic heterocycles. The standard InChI is InChI=1S/C33H37N5O7/c1-19(30(40)37-28(16-34)31(41)38(3)17-21-10-4-5-11-22(21)32(42)43)35-29(39)20(2)36-33(44)45-18-27-25-14-8-6-12-23(25)24-13-7-9-15-26(24)27/h4-15,19-20,27-28H,16-18,34H2,1-3H3,(H,35,39)(H,36,44)(H,37,40)(H,42,43)/t19-,20-,28-/m0/s1. The number of rotatable bonds is 12. The van der Waals surface area contributed by atoms with E-state index in [0.717, 1.165) is 22.3 Å². The molecule has 45 heavy (non-hydrogen) atoms. The molecule has 0 spiro atoms. The van der Waals surface area contributed by atoms with Gasteiger partial charge in [0.2, 0.25) is 17.7 Å². The average molecular weight is 616 g/mol. The Bertz CT molecular complexity index is 1550. The maximum atomic E-state index is 13.0. The molecule has 1 aliphatic rings. The summed E-state index contributed by atoms with van der Waals surface area (Å²) < 4.78 is 5.49. The highest BCUT2D eigenvalue weighted by molar-refractivity contribution is 5.94. The zero-order chi connectivity index (χ0) is 32.7. The molecular formula is C33H37N5O7. The highest BCUT2D eigenvalue weighted by Gasteiger charge is 2.30. The monoisotopic (exact) mass is 615 g/mol. The molecule has 4 rings (SSSR count). The fourth-order valence-electron chi connectivity index (χ4n) is 5.27. The summed E-state index contributed by atoms with van der Waals surface area (Å²) in [5, 5.41) is 16.9. The molecule has 12 heteroatoms. The number of nitrogens with two attached hydrogens (primary N) is 1. The second kappa shape index (κ2) is 14.5. The van der Waals surface area contributed by atoms with Gasteiger partial charge in [0.05, 0.1) is 5.56 Å². The molecular weight excluding hydrogens is 578 g/mol. The Balaban J connectivity index is 1.26. The van der Waals surface area contributed by atoms with Gasteiger partial charge in [-0.2, -0.15) is 0 Å². The lowest BCUT2D eigenvalue weighted by molar-refractivity contribution is -0.136. The Morgan fingerprint density at radius 3 is 1.96 bits per heavy atom. The lowest BCUT2D eigenvalue weighted by atomic mass is 9.98. The van der Waals surface area contributed by atoms with Gasteiger partial charge < -0.3 is 36.4 Å². The molecule has 0 saturated heterocycles. The van der Waals surface area contributed by atoms with Crippen LogP contribution >= 0.6 is 0 Å². The first-order valence-corrected chi connectivity index (χ1v) is 14.5. The zero-order valence-corrected chi connectivity index (χ0v) is 25.3. The van der Waals surface area contributed by atoms with Gasteiger partial charge in [-0.3, -0.25) is 14.4 Å². The lowest BCUT2D eigenvalue weighted by Gasteiger charge is -2.26. The van der Waals surface area contributed by atoms with Crippen molar-refractivity contribution in [2.24, 2.45) is 5.73 Å². The van der Waals surface area contributed by atoms with Gasteiger partial charge >= 0.3 is 12.1 Å². The molecule has 3 aromatic carbocycles. The molecule has 1 aliphatic carbocycles. The van der Waals surface area contributed by atoms with E-state index in [-0.39, 0.29) is 31.2 Å². The topological polar surface area (TPSA) is 180 Å². The average Bonchev–Trinajstić information content (AvgIpc) is 3.35. The second-order valence-electron chi connectivity index (χ2n) is 10.9. The number of amides is 4. The van der Waals surface area contributed by atoms with Gasteiger partial charge in [0.25, 0.3) is 0 Å². The number of nitrogens with zero attached hydrogens (tertiary/aromatic N) is 1. The number of fused-ring (bicyclic) bond motifs is 3. The summed E-state index contributed by atoms with van der Waals surface area (Å²) in [6, 6.07) is 18.9. The predicted molar refractivity (Wildman–Crippen MR) is 166 cm³/mol. The summed E-state index contributed by atoms with van der Waals surface area (Å²) in [6.45, 7) is 2.72. The van der Waals surface area contributed by atoms with E-state index in [9.17, 15) is 29.1 Å². The highest BCUT2D eigenvalue weighted by atomic mass is 16.5. The number of likely N-dealkylation sites (N-methyl/N-ethyl adjacent to an activating group) is 1.